The van der Waals surface area contributed by atoms with Crippen molar-refractivity contribution in [3.05, 3.63) is 48.9 Å². The second-order valence-corrected chi connectivity index (χ2v) is 2.70. The van der Waals surface area contributed by atoms with E-state index in [4.69, 9.17) is 4.52 Å². The average molecular weight is 175 g/mol. The zero-order valence-corrected chi connectivity index (χ0v) is 7.79. The van der Waals surface area contributed by atoms with Gasteiger partial charge in [0.25, 0.3) is 0 Å². The van der Waals surface area contributed by atoms with Crippen LogP contribution in [0, 0.1) is 0 Å². The molecule has 0 N–H and O–H groups in total. The lowest BCUT2D eigenvalue weighted by atomic mass is 10.1. The van der Waals surface area contributed by atoms with Gasteiger partial charge in [-0.2, -0.15) is 0 Å². The fourth-order valence-electron chi connectivity index (χ4n) is 0.921. The largest absolute Gasteiger partial charge is 0.364 e. The van der Waals surface area contributed by atoms with Crippen LogP contribution in [-0.2, 0) is 0 Å². The summed E-state index contributed by atoms with van der Waals surface area (Å²) in [6, 6.07) is 1.80. The first-order valence-electron chi connectivity index (χ1n) is 4.20. The van der Waals surface area contributed by atoms with E-state index in [0.717, 1.165) is 23.3 Å². The molecular weight excluding hydrogens is 162 g/mol. The molecule has 2 nitrogen and oxygen atoms in total. The van der Waals surface area contributed by atoms with E-state index in [0.29, 0.717) is 0 Å². The molecule has 0 aliphatic heterocycles. The number of aromatic nitrogens is 1. The Labute approximate surface area is 78.2 Å². The van der Waals surface area contributed by atoms with Crippen LogP contribution in [0.3, 0.4) is 0 Å². The van der Waals surface area contributed by atoms with Gasteiger partial charge in [-0.1, -0.05) is 43.0 Å². The minimum absolute atomic E-state index is 0.796. The predicted molar refractivity (Wildman–Crippen MR) is 54.1 cm³/mol. The Bertz CT molecular complexity index is 320. The molecule has 0 unspecified atom stereocenters. The molecule has 0 fully saturated rings. The molecule has 0 atom stereocenters. The Morgan fingerprint density at radius 2 is 2.46 bits per heavy atom. The number of hydrogen-bond acceptors (Lipinski definition) is 2. The highest BCUT2D eigenvalue weighted by molar-refractivity contribution is 5.72. The molecule has 0 radical (unpaired) electrons. The predicted octanol–water partition coefficient (Wildman–Crippen LogP) is 3.21. The van der Waals surface area contributed by atoms with Gasteiger partial charge in [0.2, 0.25) is 0 Å². The van der Waals surface area contributed by atoms with Crippen molar-refractivity contribution in [2.75, 3.05) is 0 Å². The standard InChI is InChI=1S/C11H13NO/c1-4-9(3)8-10(5-2)11-6-7-13-12-11/h5-8H,2-4H2,1H3/b10-8+. The minimum atomic E-state index is 0.796. The summed E-state index contributed by atoms with van der Waals surface area (Å²) in [4.78, 5) is 0. The Balaban J connectivity index is 2.92. The van der Waals surface area contributed by atoms with Gasteiger partial charge in [0.1, 0.15) is 12.0 Å². The van der Waals surface area contributed by atoms with E-state index in [9.17, 15) is 0 Å². The average Bonchev–Trinajstić information content (AvgIpc) is 2.66. The van der Waals surface area contributed by atoms with Gasteiger partial charge in [0, 0.05) is 11.6 Å². The van der Waals surface area contributed by atoms with E-state index in [1.165, 1.54) is 0 Å². The molecule has 1 rings (SSSR count). The van der Waals surface area contributed by atoms with Crippen molar-refractivity contribution in [3.63, 3.8) is 0 Å². The lowest BCUT2D eigenvalue weighted by Gasteiger charge is -1.97. The van der Waals surface area contributed by atoms with Crippen molar-refractivity contribution >= 4 is 5.57 Å². The van der Waals surface area contributed by atoms with Gasteiger partial charge < -0.3 is 4.52 Å². The summed E-state index contributed by atoms with van der Waals surface area (Å²) in [5.74, 6) is 0. The number of allylic oxidation sites excluding steroid dienone is 4. The molecule has 0 amide bonds. The zero-order valence-electron chi connectivity index (χ0n) is 7.79. The SMILES string of the molecule is C=C/C(=C\C(=C)CC)c1ccon1. The molecule has 0 bridgehead atoms. The third kappa shape index (κ3) is 2.44. The highest BCUT2D eigenvalue weighted by atomic mass is 16.5. The van der Waals surface area contributed by atoms with Crippen LogP contribution in [0.5, 0.6) is 0 Å². The fourth-order valence-corrected chi connectivity index (χ4v) is 0.921. The second-order valence-electron chi connectivity index (χ2n) is 2.70. The van der Waals surface area contributed by atoms with Gasteiger partial charge in [0.15, 0.2) is 0 Å². The van der Waals surface area contributed by atoms with Crippen molar-refractivity contribution in [1.82, 2.24) is 5.16 Å². The van der Waals surface area contributed by atoms with Crippen LogP contribution in [0.15, 0.2) is 47.7 Å². The van der Waals surface area contributed by atoms with Crippen LogP contribution in [0.4, 0.5) is 0 Å². The van der Waals surface area contributed by atoms with Gasteiger partial charge in [-0.25, -0.2) is 0 Å². The Kier molecular flexibility index (Phi) is 3.26. The first-order valence-corrected chi connectivity index (χ1v) is 4.20. The normalized spacial score (nSPS) is 11.3. The summed E-state index contributed by atoms with van der Waals surface area (Å²) >= 11 is 0. The van der Waals surface area contributed by atoms with Gasteiger partial charge in [0.05, 0.1) is 0 Å². The molecule has 1 aromatic heterocycles. The maximum absolute atomic E-state index is 4.74. The fraction of sp³-hybridized carbons (Fsp3) is 0.182. The first-order chi connectivity index (χ1) is 6.27. The Hall–Kier alpha value is -1.57. The maximum Gasteiger partial charge on any atom is 0.124 e. The molecule has 0 saturated carbocycles. The molecular formula is C11H13NO. The van der Waals surface area contributed by atoms with Crippen LogP contribution < -0.4 is 0 Å². The van der Waals surface area contributed by atoms with Crippen LogP contribution in [0.1, 0.15) is 19.0 Å². The smallest absolute Gasteiger partial charge is 0.124 e. The summed E-state index contributed by atoms with van der Waals surface area (Å²) in [5.41, 5.74) is 2.79. The highest BCUT2D eigenvalue weighted by Gasteiger charge is 2.00. The summed E-state index contributed by atoms with van der Waals surface area (Å²) < 4.78 is 4.74. The lowest BCUT2D eigenvalue weighted by molar-refractivity contribution is 0.418. The quantitative estimate of drug-likeness (QED) is 0.657. The van der Waals surface area contributed by atoms with E-state index >= 15 is 0 Å². The summed E-state index contributed by atoms with van der Waals surface area (Å²) in [7, 11) is 0. The first kappa shape index (κ1) is 9.52. The van der Waals surface area contributed by atoms with E-state index in [1.54, 1.807) is 18.4 Å². The van der Waals surface area contributed by atoms with Gasteiger partial charge >= 0.3 is 0 Å². The van der Waals surface area contributed by atoms with E-state index in [2.05, 4.69) is 25.2 Å². The maximum atomic E-state index is 4.74. The van der Waals surface area contributed by atoms with Crippen LogP contribution in [0.25, 0.3) is 5.57 Å². The van der Waals surface area contributed by atoms with E-state index < -0.39 is 0 Å². The molecule has 0 spiro atoms. The number of nitrogens with zero attached hydrogens (tertiary/aromatic N) is 1. The van der Waals surface area contributed by atoms with Gasteiger partial charge in [-0.15, -0.1) is 0 Å². The molecule has 2 heteroatoms. The van der Waals surface area contributed by atoms with Crippen molar-refractivity contribution < 1.29 is 4.52 Å². The van der Waals surface area contributed by atoms with Crippen molar-refractivity contribution in [2.24, 2.45) is 0 Å². The van der Waals surface area contributed by atoms with E-state index in [-0.39, 0.29) is 0 Å². The number of hydrogen-bond donors (Lipinski definition) is 0. The summed E-state index contributed by atoms with van der Waals surface area (Å²) in [6.07, 6.45) is 6.18. The molecule has 68 valence electrons. The molecule has 1 aromatic rings. The molecule has 0 aromatic carbocycles. The van der Waals surface area contributed by atoms with Crippen LogP contribution >= 0.6 is 0 Å². The lowest BCUT2D eigenvalue weighted by Crippen LogP contribution is -1.81. The summed E-state index contributed by atoms with van der Waals surface area (Å²) in [6.45, 7) is 9.66. The molecule has 0 saturated heterocycles. The van der Waals surface area contributed by atoms with Crippen molar-refractivity contribution in [3.8, 4) is 0 Å². The minimum Gasteiger partial charge on any atom is -0.364 e. The van der Waals surface area contributed by atoms with Gasteiger partial charge in [-0.05, 0) is 6.42 Å². The second kappa shape index (κ2) is 4.45. The Morgan fingerprint density at radius 3 is 2.92 bits per heavy atom. The zero-order chi connectivity index (χ0) is 9.68. The Morgan fingerprint density at radius 1 is 1.69 bits per heavy atom. The van der Waals surface area contributed by atoms with Crippen molar-refractivity contribution in [2.45, 2.75) is 13.3 Å². The summed E-state index contributed by atoms with van der Waals surface area (Å²) in [5, 5.41) is 3.82. The third-order valence-corrected chi connectivity index (χ3v) is 1.77. The molecule has 0 aliphatic rings. The number of rotatable bonds is 4. The third-order valence-electron chi connectivity index (χ3n) is 1.77. The molecule has 1 heterocycles. The molecule has 13 heavy (non-hydrogen) atoms. The van der Waals surface area contributed by atoms with Gasteiger partial charge in [-0.3, -0.25) is 0 Å². The topological polar surface area (TPSA) is 26.0 Å². The monoisotopic (exact) mass is 175 g/mol. The highest BCUT2D eigenvalue weighted by Crippen LogP contribution is 2.15. The van der Waals surface area contributed by atoms with Crippen molar-refractivity contribution in [1.29, 1.82) is 0 Å². The van der Waals surface area contributed by atoms with Crippen LogP contribution in [-0.4, -0.2) is 5.16 Å². The van der Waals surface area contributed by atoms with Crippen LogP contribution in [0.2, 0.25) is 0 Å². The van der Waals surface area contributed by atoms with E-state index in [1.807, 2.05) is 6.08 Å². The molecule has 0 aliphatic carbocycles.